The average Bonchev–Trinajstić information content (AvgIpc) is 2.89. The van der Waals surface area contributed by atoms with Gasteiger partial charge in [-0.1, -0.05) is 12.1 Å². The summed E-state index contributed by atoms with van der Waals surface area (Å²) in [6.07, 6.45) is 0. The van der Waals surface area contributed by atoms with Gasteiger partial charge in [0.2, 0.25) is 0 Å². The van der Waals surface area contributed by atoms with Crippen molar-refractivity contribution in [2.45, 2.75) is 10.2 Å². The number of hydrogen-bond acceptors (Lipinski definition) is 6. The van der Waals surface area contributed by atoms with E-state index in [2.05, 4.69) is 20.3 Å². The number of aromatic nitrogens is 3. The van der Waals surface area contributed by atoms with E-state index in [0.717, 1.165) is 22.8 Å². The summed E-state index contributed by atoms with van der Waals surface area (Å²) in [6.45, 7) is 0. The minimum Gasteiger partial charge on any atom is -0.373 e. The third kappa shape index (κ3) is 2.65. The molecule has 2 heterocycles. The minimum absolute atomic E-state index is 0.0422. The molecule has 3 aromatic rings. The van der Waals surface area contributed by atoms with E-state index in [1.54, 1.807) is 13.1 Å². The van der Waals surface area contributed by atoms with E-state index >= 15 is 0 Å². The molecule has 0 amide bonds. The normalized spacial score (nSPS) is 10.7. The van der Waals surface area contributed by atoms with Crippen LogP contribution in [0.3, 0.4) is 0 Å². The molecule has 2 N–H and O–H groups in total. The summed E-state index contributed by atoms with van der Waals surface area (Å²) in [7, 11) is 1.71. The Labute approximate surface area is 124 Å². The Balaban J connectivity index is 2.01. The van der Waals surface area contributed by atoms with Gasteiger partial charge in [0, 0.05) is 13.1 Å². The van der Waals surface area contributed by atoms with Gasteiger partial charge < -0.3 is 10.3 Å². The molecular formula is C13H11N5O2S. The van der Waals surface area contributed by atoms with Gasteiger partial charge in [0.05, 0.1) is 16.0 Å². The maximum atomic E-state index is 11.1. The van der Waals surface area contributed by atoms with Crippen molar-refractivity contribution in [1.29, 1.82) is 0 Å². The zero-order valence-corrected chi connectivity index (χ0v) is 11.8. The standard InChI is InChI=1S/C13H11N5O2S/c1-14-11-7-6-10(18(19)20)12(17-11)21-13-15-8-4-2-3-5-9(8)16-13/h2-7H,1H3,(H,14,17)(H,15,16). The number of pyridine rings is 1. The van der Waals surface area contributed by atoms with Crippen molar-refractivity contribution in [2.75, 3.05) is 12.4 Å². The van der Waals surface area contributed by atoms with Gasteiger partial charge in [-0.3, -0.25) is 10.1 Å². The highest BCUT2D eigenvalue weighted by Crippen LogP contribution is 2.33. The summed E-state index contributed by atoms with van der Waals surface area (Å²) >= 11 is 1.14. The highest BCUT2D eigenvalue weighted by molar-refractivity contribution is 7.99. The summed E-state index contributed by atoms with van der Waals surface area (Å²) in [5.41, 5.74) is 1.65. The van der Waals surface area contributed by atoms with Crippen molar-refractivity contribution in [3.05, 3.63) is 46.5 Å². The van der Waals surface area contributed by atoms with E-state index in [4.69, 9.17) is 0 Å². The van der Waals surface area contributed by atoms with Crippen LogP contribution in [-0.2, 0) is 0 Å². The van der Waals surface area contributed by atoms with Crippen molar-refractivity contribution < 1.29 is 4.92 Å². The summed E-state index contributed by atoms with van der Waals surface area (Å²) in [5, 5.41) is 14.8. The van der Waals surface area contributed by atoms with Crippen LogP contribution in [0.1, 0.15) is 0 Å². The van der Waals surface area contributed by atoms with E-state index in [1.165, 1.54) is 6.07 Å². The molecular weight excluding hydrogens is 290 g/mol. The topological polar surface area (TPSA) is 96.7 Å². The van der Waals surface area contributed by atoms with E-state index in [0.29, 0.717) is 16.0 Å². The van der Waals surface area contributed by atoms with Crippen molar-refractivity contribution in [3.63, 3.8) is 0 Å². The lowest BCUT2D eigenvalue weighted by Gasteiger charge is -2.03. The number of para-hydroxylation sites is 2. The summed E-state index contributed by atoms with van der Waals surface area (Å²) in [6, 6.07) is 10.6. The number of H-pyrrole nitrogens is 1. The molecule has 2 aromatic heterocycles. The second-order valence-electron chi connectivity index (χ2n) is 4.19. The number of aromatic amines is 1. The van der Waals surface area contributed by atoms with Gasteiger partial charge in [0.15, 0.2) is 10.2 Å². The van der Waals surface area contributed by atoms with Crippen LogP contribution < -0.4 is 5.32 Å². The lowest BCUT2D eigenvalue weighted by atomic mass is 10.3. The van der Waals surface area contributed by atoms with E-state index in [-0.39, 0.29) is 5.69 Å². The van der Waals surface area contributed by atoms with Crippen LogP contribution >= 0.6 is 11.8 Å². The maximum absolute atomic E-state index is 11.1. The molecule has 0 atom stereocenters. The molecule has 0 aliphatic heterocycles. The Bertz CT molecular complexity index is 784. The molecule has 0 aliphatic rings. The van der Waals surface area contributed by atoms with Crippen molar-refractivity contribution >= 4 is 34.3 Å². The lowest BCUT2D eigenvalue weighted by molar-refractivity contribution is -0.388. The first-order valence-electron chi connectivity index (χ1n) is 6.13. The van der Waals surface area contributed by atoms with Gasteiger partial charge in [-0.15, -0.1) is 0 Å². The monoisotopic (exact) mass is 301 g/mol. The second-order valence-corrected chi connectivity index (χ2v) is 5.17. The average molecular weight is 301 g/mol. The number of nitrogens with zero attached hydrogens (tertiary/aromatic N) is 3. The van der Waals surface area contributed by atoms with Gasteiger partial charge in [0.25, 0.3) is 0 Å². The number of rotatable bonds is 4. The largest absolute Gasteiger partial charge is 0.373 e. The van der Waals surface area contributed by atoms with Crippen LogP contribution in [0.4, 0.5) is 11.5 Å². The van der Waals surface area contributed by atoms with Crippen LogP contribution in [0.2, 0.25) is 0 Å². The molecule has 8 heteroatoms. The molecule has 1 aromatic carbocycles. The van der Waals surface area contributed by atoms with Crippen LogP contribution in [0.15, 0.2) is 46.6 Å². The number of benzene rings is 1. The van der Waals surface area contributed by atoms with E-state index < -0.39 is 4.92 Å². The van der Waals surface area contributed by atoms with Gasteiger partial charge >= 0.3 is 5.69 Å². The molecule has 0 radical (unpaired) electrons. The van der Waals surface area contributed by atoms with E-state index in [1.807, 2.05) is 24.3 Å². The minimum atomic E-state index is -0.447. The van der Waals surface area contributed by atoms with Crippen LogP contribution in [0.5, 0.6) is 0 Å². The van der Waals surface area contributed by atoms with Crippen molar-refractivity contribution in [1.82, 2.24) is 15.0 Å². The molecule has 0 aliphatic carbocycles. The number of nitrogens with one attached hydrogen (secondary N) is 2. The van der Waals surface area contributed by atoms with Gasteiger partial charge in [-0.2, -0.15) is 0 Å². The predicted molar refractivity (Wildman–Crippen MR) is 80.7 cm³/mol. The highest BCUT2D eigenvalue weighted by Gasteiger charge is 2.18. The Hall–Kier alpha value is -2.61. The van der Waals surface area contributed by atoms with Crippen molar-refractivity contribution in [3.8, 4) is 0 Å². The van der Waals surface area contributed by atoms with Gasteiger partial charge in [0.1, 0.15) is 5.82 Å². The van der Waals surface area contributed by atoms with Crippen molar-refractivity contribution in [2.24, 2.45) is 0 Å². The first-order valence-corrected chi connectivity index (χ1v) is 6.95. The zero-order valence-electron chi connectivity index (χ0n) is 11.0. The molecule has 21 heavy (non-hydrogen) atoms. The number of imidazole rings is 1. The number of fused-ring (bicyclic) bond motifs is 1. The van der Waals surface area contributed by atoms with Gasteiger partial charge in [-0.05, 0) is 30.0 Å². The molecule has 0 bridgehead atoms. The smallest absolute Gasteiger partial charge is 0.301 e. The van der Waals surface area contributed by atoms with Crippen LogP contribution in [0.25, 0.3) is 11.0 Å². The Morgan fingerprint density at radius 2 is 2.05 bits per heavy atom. The Kier molecular flexibility index (Phi) is 3.44. The van der Waals surface area contributed by atoms with Crippen LogP contribution in [-0.4, -0.2) is 26.9 Å². The predicted octanol–water partition coefficient (Wildman–Crippen LogP) is 3.06. The maximum Gasteiger partial charge on any atom is 0.301 e. The van der Waals surface area contributed by atoms with E-state index in [9.17, 15) is 10.1 Å². The number of hydrogen-bond donors (Lipinski definition) is 2. The highest BCUT2D eigenvalue weighted by atomic mass is 32.2. The fourth-order valence-electron chi connectivity index (χ4n) is 1.86. The third-order valence-corrected chi connectivity index (χ3v) is 3.73. The SMILES string of the molecule is CNc1ccc([N+](=O)[O-])c(Sc2nc3ccccc3[nH]2)n1. The number of nitro groups is 1. The third-order valence-electron chi connectivity index (χ3n) is 2.85. The second kappa shape index (κ2) is 5.41. The zero-order chi connectivity index (χ0) is 14.8. The number of anilines is 1. The molecule has 7 nitrogen and oxygen atoms in total. The molecule has 0 saturated heterocycles. The molecule has 0 saturated carbocycles. The lowest BCUT2D eigenvalue weighted by Crippen LogP contribution is -1.98. The molecule has 0 spiro atoms. The molecule has 0 unspecified atom stereocenters. The fraction of sp³-hybridized carbons (Fsp3) is 0.0769. The fourth-order valence-corrected chi connectivity index (χ4v) is 2.73. The van der Waals surface area contributed by atoms with Gasteiger partial charge in [-0.25, -0.2) is 9.97 Å². The first kappa shape index (κ1) is 13.4. The Morgan fingerprint density at radius 3 is 2.76 bits per heavy atom. The molecule has 3 rings (SSSR count). The summed E-state index contributed by atoms with van der Waals surface area (Å²) in [4.78, 5) is 22.4. The summed E-state index contributed by atoms with van der Waals surface area (Å²) < 4.78 is 0. The Morgan fingerprint density at radius 1 is 1.24 bits per heavy atom. The quantitative estimate of drug-likeness (QED) is 0.568. The molecule has 106 valence electrons. The molecule has 0 fully saturated rings. The van der Waals surface area contributed by atoms with Crippen LogP contribution in [0, 0.1) is 10.1 Å². The first-order chi connectivity index (χ1) is 10.2. The summed E-state index contributed by atoms with van der Waals surface area (Å²) in [5.74, 6) is 0.569.